The Morgan fingerprint density at radius 3 is 2.21 bits per heavy atom. The fourth-order valence-corrected chi connectivity index (χ4v) is 5.26. The van der Waals surface area contributed by atoms with Gasteiger partial charge in [0.25, 0.3) is 0 Å². The molecule has 2 aromatic rings. The first-order valence-electron chi connectivity index (χ1n) is 12.0. The molecule has 0 aromatic heterocycles. The Bertz CT molecular complexity index is 1020. The van der Waals surface area contributed by atoms with Crippen LogP contribution in [-0.2, 0) is 14.3 Å². The van der Waals surface area contributed by atoms with Crippen molar-refractivity contribution in [3.63, 3.8) is 0 Å². The van der Waals surface area contributed by atoms with E-state index in [0.29, 0.717) is 13.0 Å². The second kappa shape index (κ2) is 10.3. The first-order chi connectivity index (χ1) is 16.4. The number of carbonyl (C=O) groups is 3. The van der Waals surface area contributed by atoms with E-state index in [9.17, 15) is 19.5 Å². The number of carbonyl (C=O) groups excluding carboxylic acids is 2. The number of aliphatic carboxylic acids is 1. The van der Waals surface area contributed by atoms with Crippen LogP contribution in [0.4, 0.5) is 4.79 Å². The quantitative estimate of drug-likeness (QED) is 0.544. The Labute approximate surface area is 199 Å². The van der Waals surface area contributed by atoms with E-state index in [4.69, 9.17) is 4.74 Å². The molecule has 180 valence electrons. The minimum absolute atomic E-state index is 0.00728. The summed E-state index contributed by atoms with van der Waals surface area (Å²) in [5.74, 6) is -1.85. The number of nitrogens with one attached hydrogen (secondary N) is 2. The molecule has 0 spiro atoms. The molecule has 0 heterocycles. The maximum atomic E-state index is 12.7. The molecule has 7 heteroatoms. The average molecular weight is 465 g/mol. The van der Waals surface area contributed by atoms with Crippen LogP contribution < -0.4 is 10.6 Å². The molecule has 1 unspecified atom stereocenters. The van der Waals surface area contributed by atoms with Gasteiger partial charge in [0.05, 0.1) is 0 Å². The lowest BCUT2D eigenvalue weighted by atomic mass is 9.94. The molecule has 2 aromatic carbocycles. The third-order valence-corrected chi connectivity index (χ3v) is 7.08. The van der Waals surface area contributed by atoms with Crippen LogP contribution in [0.25, 0.3) is 11.1 Å². The van der Waals surface area contributed by atoms with E-state index in [-0.39, 0.29) is 36.2 Å². The summed E-state index contributed by atoms with van der Waals surface area (Å²) >= 11 is 0. The molecule has 0 radical (unpaired) electrons. The van der Waals surface area contributed by atoms with Crippen molar-refractivity contribution in [1.82, 2.24) is 10.6 Å². The molecule has 0 aliphatic heterocycles. The number of benzene rings is 2. The molecule has 1 fully saturated rings. The highest BCUT2D eigenvalue weighted by molar-refractivity contribution is 5.85. The zero-order valence-electron chi connectivity index (χ0n) is 19.6. The number of ether oxygens (including phenoxy) is 1. The van der Waals surface area contributed by atoms with Crippen LogP contribution in [0.15, 0.2) is 48.5 Å². The zero-order valence-corrected chi connectivity index (χ0v) is 19.6. The predicted octanol–water partition coefficient (Wildman–Crippen LogP) is 4.17. The average Bonchev–Trinajstić information content (AvgIpc) is 3.42. The second-order valence-electron chi connectivity index (χ2n) is 9.57. The van der Waals surface area contributed by atoms with Gasteiger partial charge in [-0.3, -0.25) is 4.79 Å². The van der Waals surface area contributed by atoms with Crippen molar-refractivity contribution < 1.29 is 24.2 Å². The first kappa shape index (κ1) is 23.8. The van der Waals surface area contributed by atoms with Gasteiger partial charge in [-0.1, -0.05) is 68.8 Å². The summed E-state index contributed by atoms with van der Waals surface area (Å²) in [6, 6.07) is 15.4. The van der Waals surface area contributed by atoms with Crippen molar-refractivity contribution in [2.24, 2.45) is 17.8 Å². The molecule has 7 nitrogen and oxygen atoms in total. The number of rotatable bonds is 8. The summed E-state index contributed by atoms with van der Waals surface area (Å²) in [5, 5.41) is 14.9. The van der Waals surface area contributed by atoms with Crippen molar-refractivity contribution in [3.05, 3.63) is 59.7 Å². The lowest BCUT2D eigenvalue weighted by molar-refractivity contribution is -0.144. The molecule has 3 atom stereocenters. The Morgan fingerprint density at radius 1 is 1.00 bits per heavy atom. The maximum Gasteiger partial charge on any atom is 0.407 e. The first-order valence-corrected chi connectivity index (χ1v) is 12.0. The van der Waals surface area contributed by atoms with E-state index < -0.39 is 18.1 Å². The molecule has 34 heavy (non-hydrogen) atoms. The molecule has 0 bridgehead atoms. The van der Waals surface area contributed by atoms with Crippen LogP contribution in [0.2, 0.25) is 0 Å². The molecular weight excluding hydrogens is 432 g/mol. The third-order valence-electron chi connectivity index (χ3n) is 7.08. The maximum absolute atomic E-state index is 12.7. The van der Waals surface area contributed by atoms with Crippen molar-refractivity contribution in [2.45, 2.75) is 45.1 Å². The number of amides is 2. The summed E-state index contributed by atoms with van der Waals surface area (Å²) < 4.78 is 5.59. The Balaban J connectivity index is 1.31. The van der Waals surface area contributed by atoms with Crippen molar-refractivity contribution in [3.8, 4) is 11.1 Å². The summed E-state index contributed by atoms with van der Waals surface area (Å²) in [4.78, 5) is 36.7. The highest BCUT2D eigenvalue weighted by atomic mass is 16.5. The van der Waals surface area contributed by atoms with Crippen molar-refractivity contribution in [1.29, 1.82) is 0 Å². The predicted molar refractivity (Wildman–Crippen MR) is 128 cm³/mol. The van der Waals surface area contributed by atoms with Crippen LogP contribution >= 0.6 is 0 Å². The monoisotopic (exact) mass is 464 g/mol. The van der Waals surface area contributed by atoms with Crippen LogP contribution in [0, 0.1) is 17.8 Å². The number of alkyl carbamates (subject to hydrolysis) is 1. The van der Waals surface area contributed by atoms with E-state index in [2.05, 4.69) is 34.9 Å². The normalized spacial score (nSPS) is 19.9. The van der Waals surface area contributed by atoms with E-state index in [0.717, 1.165) is 24.0 Å². The molecule has 4 rings (SSSR count). The lowest BCUT2D eigenvalue weighted by Crippen LogP contribution is -2.48. The van der Waals surface area contributed by atoms with Gasteiger partial charge in [0.1, 0.15) is 12.6 Å². The second-order valence-corrected chi connectivity index (χ2v) is 9.57. The third kappa shape index (κ3) is 4.93. The zero-order chi connectivity index (χ0) is 24.2. The number of carboxylic acid groups (broad SMARTS) is 1. The van der Waals surface area contributed by atoms with Gasteiger partial charge in [-0.05, 0) is 46.9 Å². The molecule has 2 aliphatic rings. The Hall–Kier alpha value is -3.35. The molecule has 1 saturated carbocycles. The topological polar surface area (TPSA) is 105 Å². The minimum atomic E-state index is -1.03. The van der Waals surface area contributed by atoms with Crippen molar-refractivity contribution >= 4 is 18.0 Å². The van der Waals surface area contributed by atoms with Gasteiger partial charge in [-0.25, -0.2) is 9.59 Å². The van der Waals surface area contributed by atoms with E-state index in [1.807, 2.05) is 24.3 Å². The molecule has 2 aliphatic carbocycles. The summed E-state index contributed by atoms with van der Waals surface area (Å²) in [6.07, 6.45) is 1.86. The van der Waals surface area contributed by atoms with Gasteiger partial charge >= 0.3 is 12.1 Å². The fraction of sp³-hybridized carbons (Fsp3) is 0.444. The van der Waals surface area contributed by atoms with Crippen LogP contribution in [0.5, 0.6) is 0 Å². The van der Waals surface area contributed by atoms with Gasteiger partial charge < -0.3 is 20.5 Å². The SMILES string of the molecule is CC(C)C(NC(=O)[C@@H]1CCC[C@@H]1CNC(=O)OCC1c2ccccc2-c2ccccc21)C(=O)O. The van der Waals surface area contributed by atoms with Crippen LogP contribution in [0.1, 0.15) is 50.2 Å². The largest absolute Gasteiger partial charge is 0.480 e. The van der Waals surface area contributed by atoms with Crippen LogP contribution in [-0.4, -0.2) is 42.3 Å². The smallest absolute Gasteiger partial charge is 0.407 e. The highest BCUT2D eigenvalue weighted by Gasteiger charge is 2.36. The number of fused-ring (bicyclic) bond motifs is 3. The van der Waals surface area contributed by atoms with Gasteiger partial charge in [0.2, 0.25) is 5.91 Å². The fourth-order valence-electron chi connectivity index (χ4n) is 5.26. The lowest BCUT2D eigenvalue weighted by Gasteiger charge is -2.24. The summed E-state index contributed by atoms with van der Waals surface area (Å²) in [6.45, 7) is 4.10. The van der Waals surface area contributed by atoms with Gasteiger partial charge in [0, 0.05) is 18.4 Å². The van der Waals surface area contributed by atoms with E-state index >= 15 is 0 Å². The molecule has 0 saturated heterocycles. The number of carboxylic acids is 1. The Kier molecular flexibility index (Phi) is 7.20. The highest BCUT2D eigenvalue weighted by Crippen LogP contribution is 2.44. The van der Waals surface area contributed by atoms with E-state index in [1.165, 1.54) is 11.1 Å². The number of hydrogen-bond acceptors (Lipinski definition) is 4. The molecular formula is C27H32N2O5. The Morgan fingerprint density at radius 2 is 1.62 bits per heavy atom. The van der Waals surface area contributed by atoms with Crippen LogP contribution in [0.3, 0.4) is 0 Å². The number of hydrogen-bond donors (Lipinski definition) is 3. The van der Waals surface area contributed by atoms with E-state index in [1.54, 1.807) is 13.8 Å². The minimum Gasteiger partial charge on any atom is -0.480 e. The van der Waals surface area contributed by atoms with Gasteiger partial charge in [-0.2, -0.15) is 0 Å². The van der Waals surface area contributed by atoms with Crippen molar-refractivity contribution in [2.75, 3.05) is 13.2 Å². The molecule has 3 N–H and O–H groups in total. The van der Waals surface area contributed by atoms with Gasteiger partial charge in [-0.15, -0.1) is 0 Å². The molecule has 2 amide bonds. The standard InChI is InChI=1S/C27H32N2O5/c1-16(2)24(26(31)32)29-25(30)18-13-7-8-17(18)14-28-27(33)34-15-23-21-11-5-3-9-19(21)20-10-4-6-12-22(20)23/h3-6,9-12,16-18,23-24H,7-8,13-15H2,1-2H3,(H,28,33)(H,29,30)(H,31,32)/t17-,18-,24?/m1/s1. The summed E-state index contributed by atoms with van der Waals surface area (Å²) in [5.41, 5.74) is 4.66. The summed E-state index contributed by atoms with van der Waals surface area (Å²) in [7, 11) is 0. The van der Waals surface area contributed by atoms with Gasteiger partial charge in [0.15, 0.2) is 0 Å².